The van der Waals surface area contributed by atoms with Gasteiger partial charge in [0, 0.05) is 36.7 Å². The summed E-state index contributed by atoms with van der Waals surface area (Å²) in [6, 6.07) is -0.0810. The van der Waals surface area contributed by atoms with Gasteiger partial charge < -0.3 is 10.6 Å². The number of nitrogens with two attached hydrogens (primary N) is 1. The highest BCUT2D eigenvalue weighted by Gasteiger charge is 2.46. The van der Waals surface area contributed by atoms with Crippen molar-refractivity contribution in [3.8, 4) is 0 Å². The molecule has 0 radical (unpaired) electrons. The van der Waals surface area contributed by atoms with E-state index < -0.39 is 10.0 Å². The Balaban J connectivity index is 2.57. The van der Waals surface area contributed by atoms with Crippen LogP contribution >= 0.6 is 0 Å². The Hall–Kier alpha value is -0.920. The second-order valence-corrected chi connectivity index (χ2v) is 13.2. The Morgan fingerprint density at radius 2 is 1.64 bits per heavy atom. The van der Waals surface area contributed by atoms with E-state index in [0.29, 0.717) is 13.0 Å². The minimum Gasteiger partial charge on any atom is -0.332 e. The van der Waals surface area contributed by atoms with Gasteiger partial charge in [0.15, 0.2) is 0 Å². The van der Waals surface area contributed by atoms with Gasteiger partial charge in [0.2, 0.25) is 10.0 Å². The summed E-state index contributed by atoms with van der Waals surface area (Å²) in [7, 11) is -3.37. The van der Waals surface area contributed by atoms with E-state index in [9.17, 15) is 8.42 Å². The zero-order valence-electron chi connectivity index (χ0n) is 19.2. The van der Waals surface area contributed by atoms with Crippen molar-refractivity contribution in [2.24, 2.45) is 27.0 Å². The largest absolute Gasteiger partial charge is 0.332 e. The molecule has 162 valence electrons. The Morgan fingerprint density at radius 3 is 2.07 bits per heavy atom. The van der Waals surface area contributed by atoms with Gasteiger partial charge in [-0.25, -0.2) is 13.1 Å². The highest BCUT2D eigenvalue weighted by Crippen LogP contribution is 2.47. The first-order valence-electron chi connectivity index (χ1n) is 10.3. The van der Waals surface area contributed by atoms with Crippen LogP contribution in [0.1, 0.15) is 68.7 Å². The lowest BCUT2D eigenvalue weighted by Gasteiger charge is -2.45. The van der Waals surface area contributed by atoms with Crippen LogP contribution in [0.4, 0.5) is 0 Å². The van der Waals surface area contributed by atoms with Crippen molar-refractivity contribution in [1.82, 2.24) is 9.62 Å². The normalized spacial score (nSPS) is 24.5. The summed E-state index contributed by atoms with van der Waals surface area (Å²) >= 11 is 0. The molecule has 1 saturated heterocycles. The maximum atomic E-state index is 12.3. The summed E-state index contributed by atoms with van der Waals surface area (Å²) in [6.07, 6.45) is 0.693. The average molecular weight is 413 g/mol. The van der Waals surface area contributed by atoms with Gasteiger partial charge in [-0.05, 0) is 16.4 Å². The quantitative estimate of drug-likeness (QED) is 0.743. The van der Waals surface area contributed by atoms with Crippen molar-refractivity contribution in [1.29, 1.82) is 0 Å². The molecule has 0 aliphatic carbocycles. The fourth-order valence-electron chi connectivity index (χ4n) is 4.24. The number of nitrogens with one attached hydrogen (secondary N) is 1. The van der Waals surface area contributed by atoms with Gasteiger partial charge in [0.25, 0.3) is 0 Å². The molecule has 0 aromatic heterocycles. The SMILES string of the molecule is CC(C)(C)C1=NC(C(C)(C)C)C(C(C)(C)C)=C2CC(NS(=O)(=O)CCN)CN12. The molecule has 0 aromatic rings. The minimum atomic E-state index is -3.37. The van der Waals surface area contributed by atoms with Gasteiger partial charge in [0.05, 0.1) is 11.8 Å². The van der Waals surface area contributed by atoms with Crippen LogP contribution in [0, 0.1) is 16.2 Å². The molecule has 2 unspecified atom stereocenters. The van der Waals surface area contributed by atoms with Crippen LogP contribution in [0.2, 0.25) is 0 Å². The topological polar surface area (TPSA) is 87.8 Å². The molecule has 0 spiro atoms. The third-order valence-corrected chi connectivity index (χ3v) is 6.76. The molecule has 0 bridgehead atoms. The highest BCUT2D eigenvalue weighted by atomic mass is 32.2. The monoisotopic (exact) mass is 412 g/mol. The average Bonchev–Trinajstić information content (AvgIpc) is 2.83. The molecule has 2 aliphatic heterocycles. The van der Waals surface area contributed by atoms with Crippen molar-refractivity contribution in [2.75, 3.05) is 18.8 Å². The number of hydrogen-bond donors (Lipinski definition) is 2. The van der Waals surface area contributed by atoms with Crippen molar-refractivity contribution >= 4 is 15.9 Å². The fourth-order valence-corrected chi connectivity index (χ4v) is 5.33. The van der Waals surface area contributed by atoms with Crippen LogP contribution in [-0.4, -0.2) is 50.1 Å². The van der Waals surface area contributed by atoms with Gasteiger partial charge in [0.1, 0.15) is 5.84 Å². The Kier molecular flexibility index (Phi) is 6.17. The standard InChI is InChI=1S/C21H40N4O2S/c1-19(2,3)16-15-12-14(24-28(26,27)11-10-22)13-25(15)18(21(7,8)9)23-17(16)20(4,5)6/h14,17,24H,10-13,22H2,1-9H3. The second-order valence-electron chi connectivity index (χ2n) is 11.3. The Bertz CT molecular complexity index is 762. The van der Waals surface area contributed by atoms with Gasteiger partial charge in [-0.1, -0.05) is 62.3 Å². The zero-order valence-corrected chi connectivity index (χ0v) is 20.0. The lowest BCUT2D eigenvalue weighted by atomic mass is 9.70. The van der Waals surface area contributed by atoms with Crippen molar-refractivity contribution in [3.63, 3.8) is 0 Å². The minimum absolute atomic E-state index is 0.0185. The van der Waals surface area contributed by atoms with Gasteiger partial charge in [-0.2, -0.15) is 0 Å². The Morgan fingerprint density at radius 1 is 1.07 bits per heavy atom. The fraction of sp³-hybridized carbons (Fsp3) is 0.857. The van der Waals surface area contributed by atoms with E-state index in [1.807, 2.05) is 0 Å². The molecular formula is C21H40N4O2S. The third-order valence-electron chi connectivity index (χ3n) is 5.29. The lowest BCUT2D eigenvalue weighted by molar-refractivity contribution is 0.285. The maximum Gasteiger partial charge on any atom is 0.213 e. The summed E-state index contributed by atoms with van der Waals surface area (Å²) in [5.74, 6) is 1.01. The third kappa shape index (κ3) is 4.97. The lowest BCUT2D eigenvalue weighted by Crippen LogP contribution is -2.47. The van der Waals surface area contributed by atoms with Crippen LogP contribution in [0.3, 0.4) is 0 Å². The van der Waals surface area contributed by atoms with Gasteiger partial charge in [-0.3, -0.25) is 4.99 Å². The van der Waals surface area contributed by atoms with Crippen molar-refractivity contribution in [2.45, 2.75) is 80.8 Å². The number of hydrogen-bond acceptors (Lipinski definition) is 5. The van der Waals surface area contributed by atoms with Crippen LogP contribution in [0.15, 0.2) is 16.3 Å². The summed E-state index contributed by atoms with van der Waals surface area (Å²) in [4.78, 5) is 7.55. The molecule has 2 aliphatic rings. The molecule has 1 fully saturated rings. The van der Waals surface area contributed by atoms with E-state index in [1.54, 1.807) is 0 Å². The van der Waals surface area contributed by atoms with E-state index in [2.05, 4.69) is 71.9 Å². The molecule has 0 aromatic carbocycles. The van der Waals surface area contributed by atoms with E-state index >= 15 is 0 Å². The van der Waals surface area contributed by atoms with E-state index in [1.165, 1.54) is 11.3 Å². The van der Waals surface area contributed by atoms with Crippen LogP contribution in [0.25, 0.3) is 0 Å². The number of nitrogens with zero attached hydrogens (tertiary/aromatic N) is 2. The van der Waals surface area contributed by atoms with Crippen LogP contribution in [-0.2, 0) is 10.0 Å². The summed E-state index contributed by atoms with van der Waals surface area (Å²) in [5.41, 5.74) is 7.85. The van der Waals surface area contributed by atoms with Gasteiger partial charge >= 0.3 is 0 Å². The molecule has 2 atom stereocenters. The highest BCUT2D eigenvalue weighted by molar-refractivity contribution is 7.89. The molecule has 0 saturated carbocycles. The predicted molar refractivity (Wildman–Crippen MR) is 118 cm³/mol. The molecule has 2 heterocycles. The summed E-state index contributed by atoms with van der Waals surface area (Å²) < 4.78 is 27.5. The smallest absolute Gasteiger partial charge is 0.213 e. The number of fused-ring (bicyclic) bond motifs is 1. The predicted octanol–water partition coefficient (Wildman–Crippen LogP) is 3.11. The maximum absolute atomic E-state index is 12.3. The first-order valence-corrected chi connectivity index (χ1v) is 11.9. The molecule has 28 heavy (non-hydrogen) atoms. The van der Waals surface area contributed by atoms with Gasteiger partial charge in [-0.15, -0.1) is 0 Å². The Labute approximate surface area is 172 Å². The van der Waals surface area contributed by atoms with E-state index in [-0.39, 0.29) is 40.6 Å². The summed E-state index contributed by atoms with van der Waals surface area (Å²) in [6.45, 7) is 20.7. The molecule has 3 N–H and O–H groups in total. The second kappa shape index (κ2) is 7.40. The first-order chi connectivity index (χ1) is 12.5. The van der Waals surface area contributed by atoms with E-state index in [0.717, 1.165) is 5.84 Å². The summed E-state index contributed by atoms with van der Waals surface area (Å²) in [5, 5.41) is 0. The zero-order chi connectivity index (χ0) is 21.7. The van der Waals surface area contributed by atoms with Crippen molar-refractivity contribution in [3.05, 3.63) is 11.3 Å². The number of rotatable bonds is 4. The molecule has 7 heteroatoms. The van der Waals surface area contributed by atoms with Crippen LogP contribution in [0.5, 0.6) is 0 Å². The molecule has 0 amide bonds. The van der Waals surface area contributed by atoms with E-state index in [4.69, 9.17) is 10.7 Å². The number of aliphatic imine (C=N–C) groups is 1. The molecule has 6 nitrogen and oxygen atoms in total. The number of amidine groups is 1. The number of sulfonamides is 1. The van der Waals surface area contributed by atoms with Crippen molar-refractivity contribution < 1.29 is 8.42 Å². The molecule has 2 rings (SSSR count). The van der Waals surface area contributed by atoms with Crippen LogP contribution < -0.4 is 10.5 Å². The molecular weight excluding hydrogens is 372 g/mol. The first kappa shape index (κ1) is 23.4.